The van der Waals surface area contributed by atoms with Gasteiger partial charge in [0.1, 0.15) is 13.2 Å². The number of hydrogen-bond donors (Lipinski definition) is 5. The van der Waals surface area contributed by atoms with E-state index in [4.69, 9.17) is 18.9 Å². The first-order valence-corrected chi connectivity index (χ1v) is 22.7. The van der Waals surface area contributed by atoms with Crippen LogP contribution in [0.3, 0.4) is 0 Å². The van der Waals surface area contributed by atoms with Crippen LogP contribution in [0.15, 0.2) is 0 Å². The molecule has 12 heteroatoms. The zero-order chi connectivity index (χ0) is 38.8. The second kappa shape index (κ2) is 34.8. The first-order chi connectivity index (χ1) is 24.9. The summed E-state index contributed by atoms with van der Waals surface area (Å²) in [6.07, 6.45) is 25.9. The summed E-state index contributed by atoms with van der Waals surface area (Å²) in [5.74, 6) is -0.148. The Labute approximate surface area is 319 Å². The summed E-state index contributed by atoms with van der Waals surface area (Å²) in [6.45, 7) is 3.66. The van der Waals surface area contributed by atoms with Gasteiger partial charge < -0.3 is 34.7 Å². The van der Waals surface area contributed by atoms with Crippen molar-refractivity contribution in [2.24, 2.45) is 0 Å². The maximum absolute atomic E-state index is 12.8. The Morgan fingerprint density at radius 3 is 1.60 bits per heavy atom. The number of ether oxygens (including phenoxy) is 1. The number of carbonyl (C=O) groups excluding carboxylic acids is 1. The number of phosphoric ester groups is 1. The Balaban J connectivity index is 4.34. The van der Waals surface area contributed by atoms with Crippen LogP contribution in [0.4, 0.5) is 0 Å². The van der Waals surface area contributed by atoms with E-state index in [0.29, 0.717) is 43.3 Å². The van der Waals surface area contributed by atoms with Crippen molar-refractivity contribution in [1.29, 1.82) is 0 Å². The highest BCUT2D eigenvalue weighted by atomic mass is 31.2. The van der Waals surface area contributed by atoms with Crippen LogP contribution in [-0.2, 0) is 23.1 Å². The fourth-order valence-corrected chi connectivity index (χ4v) is 6.84. The third-order valence-electron chi connectivity index (χ3n) is 9.54. The van der Waals surface area contributed by atoms with Gasteiger partial charge in [0, 0.05) is 19.6 Å². The van der Waals surface area contributed by atoms with Crippen LogP contribution in [0.2, 0.25) is 0 Å². The Bertz CT molecular complexity index is 846. The Kier molecular flexibility index (Phi) is 34.4. The standard InChI is InChI=1S/C40H83N2O9P/c1-5-6-7-8-9-10-11-12-13-14-15-16-22-27-33-49-35-37(36-51-52(47,48)50-34-31-42(2,3)4)41-40(46)30-25-19-17-18-23-28-38(44)39(45)29-24-20-21-26-32-43/h37-39,43-45H,5-36H2,1-4H3,(H-,41,46,47,48)/p+1/t37?,38-,39+/m0/s1. The predicted molar refractivity (Wildman–Crippen MR) is 212 cm³/mol. The van der Waals surface area contributed by atoms with Crippen LogP contribution in [0.25, 0.3) is 0 Å². The minimum absolute atomic E-state index is 0.0790. The number of hydrogen-bond acceptors (Lipinski definition) is 8. The van der Waals surface area contributed by atoms with E-state index in [9.17, 15) is 24.5 Å². The van der Waals surface area contributed by atoms with Gasteiger partial charge >= 0.3 is 7.82 Å². The number of rotatable bonds is 40. The highest BCUT2D eigenvalue weighted by molar-refractivity contribution is 7.47. The molecule has 0 aliphatic carbocycles. The smallest absolute Gasteiger partial charge is 0.396 e. The second-order valence-corrected chi connectivity index (χ2v) is 17.4. The van der Waals surface area contributed by atoms with Crippen molar-refractivity contribution in [3.05, 3.63) is 0 Å². The van der Waals surface area contributed by atoms with Gasteiger partial charge in [0.25, 0.3) is 0 Å². The number of quaternary nitrogens is 1. The third kappa shape index (κ3) is 36.4. The quantitative estimate of drug-likeness (QED) is 0.0236. The lowest BCUT2D eigenvalue weighted by Gasteiger charge is -2.24. The minimum atomic E-state index is -4.27. The van der Waals surface area contributed by atoms with Gasteiger partial charge in [0.05, 0.1) is 52.6 Å². The Hall–Kier alpha value is -0.620. The summed E-state index contributed by atoms with van der Waals surface area (Å²) in [5, 5.41) is 32.2. The maximum atomic E-state index is 12.8. The number of unbranched alkanes of at least 4 members (excludes halogenated alkanes) is 20. The summed E-state index contributed by atoms with van der Waals surface area (Å²) in [6, 6.07) is -0.566. The van der Waals surface area contributed by atoms with Crippen LogP contribution >= 0.6 is 7.82 Å². The number of likely N-dealkylation sites (N-methyl/N-ethyl adjacent to an activating group) is 1. The van der Waals surface area contributed by atoms with E-state index >= 15 is 0 Å². The average molecular weight is 768 g/mol. The maximum Gasteiger partial charge on any atom is 0.472 e. The minimum Gasteiger partial charge on any atom is -0.396 e. The summed E-state index contributed by atoms with van der Waals surface area (Å²) in [7, 11) is 1.63. The summed E-state index contributed by atoms with van der Waals surface area (Å²) < 4.78 is 29.4. The van der Waals surface area contributed by atoms with Crippen molar-refractivity contribution in [1.82, 2.24) is 5.32 Å². The number of amides is 1. The van der Waals surface area contributed by atoms with Crippen molar-refractivity contribution in [2.75, 3.05) is 60.7 Å². The fraction of sp³-hybridized carbons (Fsp3) is 0.975. The van der Waals surface area contributed by atoms with E-state index in [2.05, 4.69) is 12.2 Å². The molecular formula is C40H84N2O9P+. The zero-order valence-corrected chi connectivity index (χ0v) is 35.0. The third-order valence-corrected chi connectivity index (χ3v) is 10.5. The molecule has 0 rings (SSSR count). The number of phosphoric acid groups is 1. The van der Waals surface area contributed by atoms with Gasteiger partial charge in [-0.05, 0) is 32.1 Å². The molecule has 0 saturated heterocycles. The SMILES string of the molecule is CCCCCCCCCCCCCCCCOCC(COP(=O)(O)OCC[N+](C)(C)C)NC(=O)CCCCCCC[C@H](O)[C@H](O)CCCCCCO. The second-order valence-electron chi connectivity index (χ2n) is 15.9. The zero-order valence-electron chi connectivity index (χ0n) is 34.1. The molecule has 1 amide bonds. The van der Waals surface area contributed by atoms with Crippen molar-refractivity contribution < 1.29 is 47.8 Å². The highest BCUT2D eigenvalue weighted by Crippen LogP contribution is 2.43. The van der Waals surface area contributed by atoms with Crippen LogP contribution in [0, 0.1) is 0 Å². The molecular weight excluding hydrogens is 683 g/mol. The van der Waals surface area contributed by atoms with E-state index in [0.717, 1.165) is 64.2 Å². The van der Waals surface area contributed by atoms with E-state index in [1.165, 1.54) is 77.0 Å². The predicted octanol–water partition coefficient (Wildman–Crippen LogP) is 8.20. The molecule has 0 spiro atoms. The molecule has 0 saturated carbocycles. The van der Waals surface area contributed by atoms with Crippen molar-refractivity contribution in [2.45, 2.75) is 192 Å². The molecule has 0 aromatic rings. The molecule has 0 fully saturated rings. The van der Waals surface area contributed by atoms with Gasteiger partial charge in [-0.1, -0.05) is 135 Å². The number of aliphatic hydroxyl groups excluding tert-OH is 3. The Morgan fingerprint density at radius 1 is 0.635 bits per heavy atom. The lowest BCUT2D eigenvalue weighted by molar-refractivity contribution is -0.870. The number of nitrogens with one attached hydrogen (secondary N) is 1. The molecule has 52 heavy (non-hydrogen) atoms. The first kappa shape index (κ1) is 51.4. The fourth-order valence-electron chi connectivity index (χ4n) is 6.08. The topological polar surface area (TPSA) is 155 Å². The monoisotopic (exact) mass is 768 g/mol. The normalized spacial score (nSPS) is 15.0. The van der Waals surface area contributed by atoms with Gasteiger partial charge in [0.15, 0.2) is 0 Å². The van der Waals surface area contributed by atoms with Crippen LogP contribution in [0.1, 0.15) is 174 Å². The van der Waals surface area contributed by atoms with E-state index in [-0.39, 0.29) is 32.3 Å². The molecule has 0 radical (unpaired) electrons. The number of nitrogens with zero attached hydrogens (tertiary/aromatic N) is 1. The first-order valence-electron chi connectivity index (χ1n) is 21.2. The molecule has 5 N–H and O–H groups in total. The Morgan fingerprint density at radius 2 is 1.10 bits per heavy atom. The largest absolute Gasteiger partial charge is 0.472 e. The van der Waals surface area contributed by atoms with E-state index in [1.54, 1.807) is 0 Å². The molecule has 11 nitrogen and oxygen atoms in total. The lowest BCUT2D eigenvalue weighted by atomic mass is 10.00. The van der Waals surface area contributed by atoms with Crippen LogP contribution in [-0.4, -0.2) is 110 Å². The molecule has 312 valence electrons. The lowest BCUT2D eigenvalue weighted by Crippen LogP contribution is -2.41. The van der Waals surface area contributed by atoms with Crippen molar-refractivity contribution in [3.8, 4) is 0 Å². The molecule has 0 heterocycles. The molecule has 0 bridgehead atoms. The molecule has 0 aliphatic rings. The molecule has 2 unspecified atom stereocenters. The molecule has 0 aromatic carbocycles. The summed E-state index contributed by atoms with van der Waals surface area (Å²) in [4.78, 5) is 23.0. The van der Waals surface area contributed by atoms with E-state index in [1.807, 2.05) is 21.1 Å². The van der Waals surface area contributed by atoms with Gasteiger partial charge in [-0.15, -0.1) is 0 Å². The average Bonchev–Trinajstić information content (AvgIpc) is 3.08. The van der Waals surface area contributed by atoms with Crippen molar-refractivity contribution in [3.63, 3.8) is 0 Å². The van der Waals surface area contributed by atoms with Gasteiger partial charge in [-0.3, -0.25) is 13.8 Å². The molecule has 4 atom stereocenters. The highest BCUT2D eigenvalue weighted by Gasteiger charge is 2.25. The number of aliphatic hydroxyl groups is 3. The van der Waals surface area contributed by atoms with Crippen molar-refractivity contribution >= 4 is 13.7 Å². The van der Waals surface area contributed by atoms with Crippen LogP contribution < -0.4 is 5.32 Å². The molecule has 0 aromatic heterocycles. The number of carbonyl (C=O) groups is 1. The molecule has 0 aliphatic heterocycles. The summed E-state index contributed by atoms with van der Waals surface area (Å²) in [5.41, 5.74) is 0. The van der Waals surface area contributed by atoms with Gasteiger partial charge in [-0.2, -0.15) is 0 Å². The van der Waals surface area contributed by atoms with Gasteiger partial charge in [-0.25, -0.2) is 4.57 Å². The van der Waals surface area contributed by atoms with Gasteiger partial charge in [0.2, 0.25) is 5.91 Å². The van der Waals surface area contributed by atoms with Crippen LogP contribution in [0.5, 0.6) is 0 Å². The van der Waals surface area contributed by atoms with E-state index < -0.39 is 26.1 Å². The summed E-state index contributed by atoms with van der Waals surface area (Å²) >= 11 is 0.